The van der Waals surface area contributed by atoms with Crippen LogP contribution in [0.4, 0.5) is 8.78 Å². The lowest BCUT2D eigenvalue weighted by molar-refractivity contribution is -0.614. The van der Waals surface area contributed by atoms with E-state index in [-0.39, 0.29) is 17.7 Å². The highest BCUT2D eigenvalue weighted by molar-refractivity contribution is 5.95. The first-order chi connectivity index (χ1) is 12.1. The van der Waals surface area contributed by atoms with Gasteiger partial charge in [0.2, 0.25) is 5.69 Å². The Labute approximate surface area is 142 Å². The Balaban J connectivity index is 1.80. The van der Waals surface area contributed by atoms with Gasteiger partial charge in [-0.2, -0.15) is 4.73 Å². The van der Waals surface area contributed by atoms with Gasteiger partial charge in [0.25, 0.3) is 5.91 Å². The van der Waals surface area contributed by atoms with Gasteiger partial charge in [0.15, 0.2) is 17.8 Å². The molecule has 4 nitrogen and oxygen atoms in total. The van der Waals surface area contributed by atoms with E-state index in [9.17, 15) is 18.8 Å². The summed E-state index contributed by atoms with van der Waals surface area (Å²) < 4.78 is 28.0. The minimum Gasteiger partial charge on any atom is -0.618 e. The highest BCUT2D eigenvalue weighted by atomic mass is 19.2. The van der Waals surface area contributed by atoms with Gasteiger partial charge in [-0.25, -0.2) is 8.78 Å². The number of pyridine rings is 1. The van der Waals surface area contributed by atoms with Crippen LogP contribution in [0.3, 0.4) is 0 Å². The largest absolute Gasteiger partial charge is 0.618 e. The fourth-order valence-electron chi connectivity index (χ4n) is 2.43. The summed E-state index contributed by atoms with van der Waals surface area (Å²) in [4.78, 5) is 12.3. The molecule has 0 spiro atoms. The SMILES string of the molecule is O=C(NCc1cccc[n+]1[O-])c1cccc(-c2cccc(F)c2F)c1. The Bertz CT molecular complexity index is 929. The van der Waals surface area contributed by atoms with Crippen molar-refractivity contribution in [1.82, 2.24) is 5.32 Å². The van der Waals surface area contributed by atoms with Crippen molar-refractivity contribution >= 4 is 5.91 Å². The number of carbonyl (C=O) groups excluding carboxylic acids is 1. The highest BCUT2D eigenvalue weighted by Gasteiger charge is 2.13. The van der Waals surface area contributed by atoms with Crippen molar-refractivity contribution in [2.24, 2.45) is 0 Å². The predicted molar refractivity (Wildman–Crippen MR) is 88.4 cm³/mol. The van der Waals surface area contributed by atoms with Gasteiger partial charge < -0.3 is 10.5 Å². The number of nitrogens with zero attached hydrogens (tertiary/aromatic N) is 1. The molecule has 3 aromatic rings. The third-order valence-electron chi connectivity index (χ3n) is 3.72. The van der Waals surface area contributed by atoms with E-state index in [1.807, 2.05) is 0 Å². The molecule has 25 heavy (non-hydrogen) atoms. The third-order valence-corrected chi connectivity index (χ3v) is 3.72. The summed E-state index contributed by atoms with van der Waals surface area (Å²) in [6.45, 7) is 0.0573. The summed E-state index contributed by atoms with van der Waals surface area (Å²) in [6.07, 6.45) is 1.34. The maximum absolute atomic E-state index is 13.9. The molecule has 0 saturated heterocycles. The minimum atomic E-state index is -0.961. The molecule has 1 aromatic heterocycles. The van der Waals surface area contributed by atoms with Crippen molar-refractivity contribution in [2.45, 2.75) is 6.54 Å². The first-order valence-corrected chi connectivity index (χ1v) is 7.56. The van der Waals surface area contributed by atoms with Crippen molar-refractivity contribution in [3.05, 3.63) is 95.0 Å². The van der Waals surface area contributed by atoms with Crippen LogP contribution in [0.1, 0.15) is 16.1 Å². The molecule has 126 valence electrons. The molecular formula is C19H14F2N2O2. The van der Waals surface area contributed by atoms with Crippen LogP contribution in [0.5, 0.6) is 0 Å². The van der Waals surface area contributed by atoms with E-state index in [4.69, 9.17) is 0 Å². The van der Waals surface area contributed by atoms with Crippen LogP contribution < -0.4 is 10.0 Å². The Morgan fingerprint density at radius 1 is 1.04 bits per heavy atom. The molecule has 1 N–H and O–H groups in total. The molecule has 0 aliphatic carbocycles. The maximum Gasteiger partial charge on any atom is 0.251 e. The smallest absolute Gasteiger partial charge is 0.251 e. The summed E-state index contributed by atoms with van der Waals surface area (Å²) in [5.41, 5.74) is 1.15. The molecule has 0 radical (unpaired) electrons. The van der Waals surface area contributed by atoms with Crippen molar-refractivity contribution in [2.75, 3.05) is 0 Å². The number of rotatable bonds is 4. The quantitative estimate of drug-likeness (QED) is 0.586. The van der Waals surface area contributed by atoms with Crippen LogP contribution in [-0.2, 0) is 6.54 Å². The molecule has 1 heterocycles. The molecule has 0 aliphatic heterocycles. The molecule has 1 amide bonds. The monoisotopic (exact) mass is 340 g/mol. The number of carbonyl (C=O) groups is 1. The highest BCUT2D eigenvalue weighted by Crippen LogP contribution is 2.25. The van der Waals surface area contributed by atoms with Gasteiger partial charge in [-0.15, -0.1) is 0 Å². The fourth-order valence-corrected chi connectivity index (χ4v) is 2.43. The number of amides is 1. The molecule has 0 saturated carbocycles. The molecule has 0 aliphatic rings. The Morgan fingerprint density at radius 3 is 2.64 bits per heavy atom. The van der Waals surface area contributed by atoms with Crippen LogP contribution in [0, 0.1) is 16.8 Å². The van der Waals surface area contributed by atoms with Gasteiger partial charge in [0.05, 0.1) is 0 Å². The Hall–Kier alpha value is -3.28. The lowest BCUT2D eigenvalue weighted by atomic mass is 10.0. The second-order valence-corrected chi connectivity index (χ2v) is 5.38. The first kappa shape index (κ1) is 16.6. The molecule has 0 atom stereocenters. The summed E-state index contributed by atoms with van der Waals surface area (Å²) in [5.74, 6) is -2.32. The zero-order chi connectivity index (χ0) is 17.8. The van der Waals surface area contributed by atoms with Gasteiger partial charge in [-0.1, -0.05) is 24.3 Å². The Kier molecular flexibility index (Phi) is 4.70. The van der Waals surface area contributed by atoms with Gasteiger partial charge in [-0.3, -0.25) is 4.79 Å². The zero-order valence-electron chi connectivity index (χ0n) is 13.1. The van der Waals surface area contributed by atoms with Crippen LogP contribution in [0.15, 0.2) is 66.9 Å². The fraction of sp³-hybridized carbons (Fsp3) is 0.0526. The van der Waals surface area contributed by atoms with E-state index in [1.165, 1.54) is 24.4 Å². The summed E-state index contributed by atoms with van der Waals surface area (Å²) in [5, 5.41) is 14.2. The zero-order valence-corrected chi connectivity index (χ0v) is 13.1. The second kappa shape index (κ2) is 7.09. The topological polar surface area (TPSA) is 56.0 Å². The number of nitrogens with one attached hydrogen (secondary N) is 1. The number of benzene rings is 2. The van der Waals surface area contributed by atoms with Gasteiger partial charge >= 0.3 is 0 Å². The maximum atomic E-state index is 13.9. The number of hydrogen-bond donors (Lipinski definition) is 1. The van der Waals surface area contributed by atoms with Crippen LogP contribution >= 0.6 is 0 Å². The number of hydrogen-bond acceptors (Lipinski definition) is 2. The number of aromatic nitrogens is 1. The van der Waals surface area contributed by atoms with E-state index in [1.54, 1.807) is 36.4 Å². The van der Waals surface area contributed by atoms with Crippen LogP contribution in [0.2, 0.25) is 0 Å². The lowest BCUT2D eigenvalue weighted by Crippen LogP contribution is -2.35. The molecule has 0 bridgehead atoms. The van der Waals surface area contributed by atoms with Crippen LogP contribution in [0.25, 0.3) is 11.1 Å². The first-order valence-electron chi connectivity index (χ1n) is 7.56. The molecule has 2 aromatic carbocycles. The van der Waals surface area contributed by atoms with Gasteiger partial charge in [0.1, 0.15) is 6.54 Å². The van der Waals surface area contributed by atoms with Crippen LogP contribution in [-0.4, -0.2) is 5.91 Å². The van der Waals surface area contributed by atoms with Crippen molar-refractivity contribution < 1.29 is 18.3 Å². The molecule has 0 unspecified atom stereocenters. The van der Waals surface area contributed by atoms with Gasteiger partial charge in [0, 0.05) is 23.3 Å². The van der Waals surface area contributed by atoms with Crippen molar-refractivity contribution in [3.63, 3.8) is 0 Å². The van der Waals surface area contributed by atoms with Crippen molar-refractivity contribution in [3.8, 4) is 11.1 Å². The predicted octanol–water partition coefficient (Wildman–Crippen LogP) is 3.20. The lowest BCUT2D eigenvalue weighted by Gasteiger charge is -2.08. The van der Waals surface area contributed by atoms with E-state index in [0.29, 0.717) is 16.0 Å². The van der Waals surface area contributed by atoms with E-state index in [2.05, 4.69) is 5.32 Å². The molecule has 6 heteroatoms. The molecular weight excluding hydrogens is 326 g/mol. The average molecular weight is 340 g/mol. The molecule has 3 rings (SSSR count). The standard InChI is InChI=1S/C19H14F2N2O2/c20-17-9-4-8-16(18(17)21)13-5-3-6-14(11-13)19(24)22-12-15-7-1-2-10-23(15)25/h1-11H,12H2,(H,22,24). The second-order valence-electron chi connectivity index (χ2n) is 5.38. The Morgan fingerprint density at radius 2 is 1.84 bits per heavy atom. The van der Waals surface area contributed by atoms with E-state index in [0.717, 1.165) is 6.07 Å². The minimum absolute atomic E-state index is 0.0573. The van der Waals surface area contributed by atoms with Crippen molar-refractivity contribution in [1.29, 1.82) is 0 Å². The summed E-state index contributed by atoms with van der Waals surface area (Å²) in [6, 6.07) is 15.0. The van der Waals surface area contributed by atoms with Gasteiger partial charge in [-0.05, 0) is 29.8 Å². The summed E-state index contributed by atoms with van der Waals surface area (Å²) in [7, 11) is 0. The molecule has 0 fully saturated rings. The average Bonchev–Trinajstić information content (AvgIpc) is 2.63. The summed E-state index contributed by atoms with van der Waals surface area (Å²) >= 11 is 0. The van der Waals surface area contributed by atoms with E-state index >= 15 is 0 Å². The normalized spacial score (nSPS) is 10.5. The third kappa shape index (κ3) is 3.63. The van der Waals surface area contributed by atoms with E-state index < -0.39 is 17.5 Å². The number of halogens is 2.